The molecule has 1 N–H and O–H groups in total. The average molecular weight is 417 g/mol. The first kappa shape index (κ1) is 22.1. The van der Waals surface area contributed by atoms with Gasteiger partial charge in [-0.3, -0.25) is 9.59 Å². The van der Waals surface area contributed by atoms with Crippen molar-refractivity contribution in [3.63, 3.8) is 0 Å². The molecule has 5 nitrogen and oxygen atoms in total. The van der Waals surface area contributed by atoms with Gasteiger partial charge >= 0.3 is 0 Å². The summed E-state index contributed by atoms with van der Waals surface area (Å²) < 4.78 is 5.93. The average Bonchev–Trinajstić information content (AvgIpc) is 2.76. The van der Waals surface area contributed by atoms with Crippen molar-refractivity contribution in [1.82, 2.24) is 4.90 Å². The van der Waals surface area contributed by atoms with Crippen LogP contribution in [0.2, 0.25) is 0 Å². The molecule has 160 valence electrons. The molecule has 0 saturated heterocycles. The number of para-hydroxylation sites is 2. The fourth-order valence-corrected chi connectivity index (χ4v) is 3.36. The topological polar surface area (TPSA) is 58.6 Å². The molecule has 0 aromatic heterocycles. The van der Waals surface area contributed by atoms with E-state index in [0.717, 1.165) is 16.7 Å². The van der Waals surface area contributed by atoms with Crippen LogP contribution in [0, 0.1) is 13.8 Å². The van der Waals surface area contributed by atoms with Crippen LogP contribution in [0.4, 0.5) is 5.69 Å². The van der Waals surface area contributed by atoms with Crippen molar-refractivity contribution in [3.05, 3.63) is 95.1 Å². The highest BCUT2D eigenvalue weighted by atomic mass is 16.5. The lowest BCUT2D eigenvalue weighted by atomic mass is 10.1. The molecule has 0 radical (unpaired) electrons. The lowest BCUT2D eigenvalue weighted by molar-refractivity contribution is -0.122. The second-order valence-corrected chi connectivity index (χ2v) is 7.66. The molecule has 0 aliphatic heterocycles. The zero-order valence-corrected chi connectivity index (χ0v) is 18.4. The molecule has 2 amide bonds. The van der Waals surface area contributed by atoms with E-state index in [2.05, 4.69) is 5.32 Å². The largest absolute Gasteiger partial charge is 0.480 e. The minimum absolute atomic E-state index is 0.164. The van der Waals surface area contributed by atoms with Crippen LogP contribution in [-0.4, -0.2) is 29.9 Å². The first-order chi connectivity index (χ1) is 14.9. The number of benzene rings is 3. The summed E-state index contributed by atoms with van der Waals surface area (Å²) >= 11 is 0. The fraction of sp³-hybridized carbons (Fsp3) is 0.231. The second-order valence-electron chi connectivity index (χ2n) is 7.66. The highest BCUT2D eigenvalue weighted by Crippen LogP contribution is 2.24. The van der Waals surface area contributed by atoms with Crippen molar-refractivity contribution >= 4 is 17.5 Å². The van der Waals surface area contributed by atoms with E-state index in [-0.39, 0.29) is 11.8 Å². The van der Waals surface area contributed by atoms with E-state index in [1.54, 1.807) is 43.1 Å². The Balaban J connectivity index is 1.72. The van der Waals surface area contributed by atoms with Gasteiger partial charge in [-0.15, -0.1) is 0 Å². The normalized spacial score (nSPS) is 11.5. The van der Waals surface area contributed by atoms with Crippen molar-refractivity contribution in [1.29, 1.82) is 0 Å². The Bertz CT molecular complexity index is 1040. The third-order valence-corrected chi connectivity index (χ3v) is 5.10. The number of carbonyl (C=O) groups is 2. The predicted molar refractivity (Wildman–Crippen MR) is 123 cm³/mol. The maximum Gasteiger partial charge on any atom is 0.265 e. The third kappa shape index (κ3) is 5.51. The molecule has 3 rings (SSSR count). The second kappa shape index (κ2) is 9.94. The number of aryl methyl sites for hydroxylation is 2. The Morgan fingerprint density at radius 3 is 2.19 bits per heavy atom. The summed E-state index contributed by atoms with van der Waals surface area (Å²) in [6, 6.07) is 22.7. The van der Waals surface area contributed by atoms with Gasteiger partial charge in [-0.2, -0.15) is 0 Å². The van der Waals surface area contributed by atoms with Crippen LogP contribution >= 0.6 is 0 Å². The van der Waals surface area contributed by atoms with E-state index < -0.39 is 6.10 Å². The van der Waals surface area contributed by atoms with E-state index in [1.165, 1.54) is 0 Å². The van der Waals surface area contributed by atoms with Crippen molar-refractivity contribution in [2.24, 2.45) is 0 Å². The summed E-state index contributed by atoms with van der Waals surface area (Å²) in [5.74, 6) is 0.230. The summed E-state index contributed by atoms with van der Waals surface area (Å²) in [6.45, 7) is 6.08. The van der Waals surface area contributed by atoms with Crippen LogP contribution in [0.5, 0.6) is 5.75 Å². The van der Waals surface area contributed by atoms with Gasteiger partial charge in [0.05, 0.1) is 11.3 Å². The molecule has 0 spiro atoms. The molecule has 5 heteroatoms. The van der Waals surface area contributed by atoms with Crippen molar-refractivity contribution in [2.45, 2.75) is 33.4 Å². The summed E-state index contributed by atoms with van der Waals surface area (Å²) in [5.41, 5.74) is 3.88. The number of carbonyl (C=O) groups excluding carboxylic acids is 2. The Kier molecular flexibility index (Phi) is 7.08. The summed E-state index contributed by atoms with van der Waals surface area (Å²) in [5, 5.41) is 2.86. The molecule has 3 aromatic carbocycles. The van der Waals surface area contributed by atoms with Crippen LogP contribution in [0.3, 0.4) is 0 Å². The van der Waals surface area contributed by atoms with Gasteiger partial charge in [-0.05, 0) is 49.6 Å². The van der Waals surface area contributed by atoms with Crippen LogP contribution < -0.4 is 10.1 Å². The standard InChI is InChI=1S/C26H28N2O3/c1-18-11-10-12-19(2)24(18)31-20(3)25(29)27-23-16-9-8-15-22(23)26(30)28(4)17-21-13-6-5-7-14-21/h5-16,20H,17H2,1-4H3,(H,27,29)/t20-/m0/s1. The Labute approximate surface area is 183 Å². The number of rotatable bonds is 7. The van der Waals surface area contributed by atoms with E-state index >= 15 is 0 Å². The van der Waals surface area contributed by atoms with E-state index in [1.807, 2.05) is 62.4 Å². The van der Waals surface area contributed by atoms with Crippen molar-refractivity contribution < 1.29 is 14.3 Å². The van der Waals surface area contributed by atoms with Crippen molar-refractivity contribution in [3.8, 4) is 5.75 Å². The Morgan fingerprint density at radius 2 is 1.52 bits per heavy atom. The van der Waals surface area contributed by atoms with E-state index in [9.17, 15) is 9.59 Å². The molecule has 31 heavy (non-hydrogen) atoms. The summed E-state index contributed by atoms with van der Waals surface area (Å²) in [7, 11) is 1.75. The van der Waals surface area contributed by atoms with Crippen LogP contribution in [0.15, 0.2) is 72.8 Å². The zero-order chi connectivity index (χ0) is 22.4. The van der Waals surface area contributed by atoms with Crippen LogP contribution in [-0.2, 0) is 11.3 Å². The summed E-state index contributed by atoms with van der Waals surface area (Å²) in [6.07, 6.45) is -0.718. The molecule has 0 fully saturated rings. The number of hydrogen-bond acceptors (Lipinski definition) is 3. The zero-order valence-electron chi connectivity index (χ0n) is 18.4. The maximum atomic E-state index is 13.0. The molecule has 0 aliphatic rings. The molecule has 3 aromatic rings. The lowest BCUT2D eigenvalue weighted by Gasteiger charge is -2.21. The number of ether oxygens (including phenoxy) is 1. The highest BCUT2D eigenvalue weighted by Gasteiger charge is 2.21. The minimum atomic E-state index is -0.718. The molecule has 0 unspecified atom stereocenters. The monoisotopic (exact) mass is 416 g/mol. The van der Waals surface area contributed by atoms with Gasteiger partial charge in [-0.25, -0.2) is 0 Å². The highest BCUT2D eigenvalue weighted by molar-refractivity contribution is 6.04. The van der Waals surface area contributed by atoms with Gasteiger partial charge in [0.25, 0.3) is 11.8 Å². The Hall–Kier alpha value is -3.60. The van der Waals surface area contributed by atoms with Crippen LogP contribution in [0.1, 0.15) is 34.0 Å². The molecule has 0 heterocycles. The SMILES string of the molecule is Cc1cccc(C)c1O[C@@H](C)C(=O)Nc1ccccc1C(=O)N(C)Cc1ccccc1. The number of anilines is 1. The number of nitrogens with one attached hydrogen (secondary N) is 1. The molecule has 0 aliphatic carbocycles. The van der Waals surface area contributed by atoms with Gasteiger partial charge in [0, 0.05) is 13.6 Å². The summed E-state index contributed by atoms with van der Waals surface area (Å²) in [4.78, 5) is 27.5. The van der Waals surface area contributed by atoms with Gasteiger partial charge < -0.3 is 15.0 Å². The lowest BCUT2D eigenvalue weighted by Crippen LogP contribution is -2.32. The van der Waals surface area contributed by atoms with Gasteiger partial charge in [0.1, 0.15) is 5.75 Å². The Morgan fingerprint density at radius 1 is 0.903 bits per heavy atom. The molecular weight excluding hydrogens is 388 g/mol. The predicted octanol–water partition coefficient (Wildman–Crippen LogP) is 4.98. The van der Waals surface area contributed by atoms with Gasteiger partial charge in [0.15, 0.2) is 6.10 Å². The maximum absolute atomic E-state index is 13.0. The fourth-order valence-electron chi connectivity index (χ4n) is 3.36. The van der Waals surface area contributed by atoms with Crippen molar-refractivity contribution in [2.75, 3.05) is 12.4 Å². The molecule has 0 bridgehead atoms. The first-order valence-corrected chi connectivity index (χ1v) is 10.3. The quantitative estimate of drug-likeness (QED) is 0.591. The number of amides is 2. The smallest absolute Gasteiger partial charge is 0.265 e. The molecule has 0 saturated carbocycles. The van der Waals surface area contributed by atoms with Gasteiger partial charge in [-0.1, -0.05) is 60.7 Å². The van der Waals surface area contributed by atoms with E-state index in [4.69, 9.17) is 4.74 Å². The van der Waals surface area contributed by atoms with Gasteiger partial charge in [0.2, 0.25) is 0 Å². The third-order valence-electron chi connectivity index (χ3n) is 5.10. The minimum Gasteiger partial charge on any atom is -0.480 e. The first-order valence-electron chi connectivity index (χ1n) is 10.3. The molecule has 1 atom stereocenters. The number of nitrogens with zero attached hydrogens (tertiary/aromatic N) is 1. The van der Waals surface area contributed by atoms with Crippen LogP contribution in [0.25, 0.3) is 0 Å². The van der Waals surface area contributed by atoms with E-state index in [0.29, 0.717) is 23.5 Å². The molecular formula is C26H28N2O3. The number of hydrogen-bond donors (Lipinski definition) is 1.